The molecule has 3 N–H and O–H groups in total. The van der Waals surface area contributed by atoms with Crippen LogP contribution in [0.2, 0.25) is 5.02 Å². The standard InChI is InChI=1S/C20H18ClN3O3/c1-12-4-3-5-17(13(12)2)24-20(26)15(10-22)8-14-9-16(21)6-7-18(14)27-11-19(23)25/h3-9H,11H2,1-2H3,(H2,23,25)(H,24,26)/b15-8+. The highest BCUT2D eigenvalue weighted by atomic mass is 35.5. The van der Waals surface area contributed by atoms with E-state index < -0.39 is 11.8 Å². The Labute approximate surface area is 162 Å². The normalized spacial score (nSPS) is 10.8. The molecule has 6 nitrogen and oxygen atoms in total. The molecular formula is C20H18ClN3O3. The predicted octanol–water partition coefficient (Wildman–Crippen LogP) is 3.37. The molecule has 0 bridgehead atoms. The van der Waals surface area contributed by atoms with Crippen molar-refractivity contribution in [3.63, 3.8) is 0 Å². The second kappa shape index (κ2) is 8.88. The first-order valence-electron chi connectivity index (χ1n) is 8.02. The second-order valence-electron chi connectivity index (χ2n) is 5.81. The predicted molar refractivity (Wildman–Crippen MR) is 104 cm³/mol. The quantitative estimate of drug-likeness (QED) is 0.589. The molecule has 0 atom stereocenters. The summed E-state index contributed by atoms with van der Waals surface area (Å²) in [4.78, 5) is 23.5. The Bertz CT molecular complexity index is 961. The van der Waals surface area contributed by atoms with Gasteiger partial charge >= 0.3 is 0 Å². The number of nitriles is 1. The van der Waals surface area contributed by atoms with E-state index in [1.54, 1.807) is 12.1 Å². The van der Waals surface area contributed by atoms with E-state index in [0.717, 1.165) is 11.1 Å². The van der Waals surface area contributed by atoms with Crippen molar-refractivity contribution < 1.29 is 14.3 Å². The van der Waals surface area contributed by atoms with E-state index in [1.807, 2.05) is 32.0 Å². The molecule has 2 amide bonds. The third-order valence-electron chi connectivity index (χ3n) is 3.86. The maximum Gasteiger partial charge on any atom is 0.266 e. The number of nitrogens with zero attached hydrogens (tertiary/aromatic N) is 1. The Morgan fingerprint density at radius 3 is 2.70 bits per heavy atom. The van der Waals surface area contributed by atoms with E-state index >= 15 is 0 Å². The number of aryl methyl sites for hydroxylation is 1. The van der Waals surface area contributed by atoms with Gasteiger partial charge in [0.05, 0.1) is 0 Å². The van der Waals surface area contributed by atoms with Crippen molar-refractivity contribution in [3.05, 3.63) is 63.7 Å². The van der Waals surface area contributed by atoms with Gasteiger partial charge < -0.3 is 15.8 Å². The minimum Gasteiger partial charge on any atom is -0.483 e. The van der Waals surface area contributed by atoms with Gasteiger partial charge in [0.15, 0.2) is 6.61 Å². The SMILES string of the molecule is Cc1cccc(NC(=O)/C(C#N)=C/c2cc(Cl)ccc2OCC(N)=O)c1C. The topological polar surface area (TPSA) is 105 Å². The molecule has 0 unspecified atom stereocenters. The van der Waals surface area contributed by atoms with Gasteiger partial charge in [-0.25, -0.2) is 0 Å². The van der Waals surface area contributed by atoms with Crippen LogP contribution in [0.1, 0.15) is 16.7 Å². The molecule has 138 valence electrons. The molecule has 0 aromatic heterocycles. The Morgan fingerprint density at radius 2 is 2.04 bits per heavy atom. The average molecular weight is 384 g/mol. The maximum atomic E-state index is 12.5. The number of hydrogen-bond acceptors (Lipinski definition) is 4. The van der Waals surface area contributed by atoms with E-state index in [-0.39, 0.29) is 17.9 Å². The van der Waals surface area contributed by atoms with Crippen LogP contribution < -0.4 is 15.8 Å². The van der Waals surface area contributed by atoms with Crippen molar-refractivity contribution in [1.82, 2.24) is 0 Å². The zero-order valence-corrected chi connectivity index (χ0v) is 15.6. The molecule has 0 spiro atoms. The molecule has 0 saturated carbocycles. The lowest BCUT2D eigenvalue weighted by atomic mass is 10.1. The minimum atomic E-state index is -0.645. The number of ether oxygens (including phenoxy) is 1. The smallest absolute Gasteiger partial charge is 0.266 e. The lowest BCUT2D eigenvalue weighted by Crippen LogP contribution is -2.20. The molecular weight excluding hydrogens is 366 g/mol. The third-order valence-corrected chi connectivity index (χ3v) is 4.09. The first-order valence-corrected chi connectivity index (χ1v) is 8.39. The van der Waals surface area contributed by atoms with Crippen molar-refractivity contribution in [3.8, 4) is 11.8 Å². The van der Waals surface area contributed by atoms with Crippen molar-refractivity contribution in [2.45, 2.75) is 13.8 Å². The number of primary amides is 1. The Hall–Kier alpha value is -3.30. The summed E-state index contributed by atoms with van der Waals surface area (Å²) in [5, 5.41) is 12.5. The summed E-state index contributed by atoms with van der Waals surface area (Å²) >= 11 is 5.99. The van der Waals surface area contributed by atoms with E-state index in [9.17, 15) is 14.9 Å². The van der Waals surface area contributed by atoms with Crippen LogP contribution in [0.25, 0.3) is 6.08 Å². The zero-order valence-electron chi connectivity index (χ0n) is 14.9. The molecule has 2 aromatic carbocycles. The first kappa shape index (κ1) is 20.0. The van der Waals surface area contributed by atoms with Crippen molar-refractivity contribution >= 4 is 35.2 Å². The van der Waals surface area contributed by atoms with Crippen molar-refractivity contribution in [1.29, 1.82) is 5.26 Å². The van der Waals surface area contributed by atoms with Gasteiger partial charge in [0, 0.05) is 16.3 Å². The van der Waals surface area contributed by atoms with E-state index in [2.05, 4.69) is 5.32 Å². The highest BCUT2D eigenvalue weighted by Gasteiger charge is 2.13. The maximum absolute atomic E-state index is 12.5. The van der Waals surface area contributed by atoms with Gasteiger partial charge in [-0.05, 0) is 55.3 Å². The molecule has 0 aliphatic carbocycles. The van der Waals surface area contributed by atoms with Crippen LogP contribution in [-0.4, -0.2) is 18.4 Å². The molecule has 0 heterocycles. The van der Waals surface area contributed by atoms with E-state index in [4.69, 9.17) is 22.1 Å². The first-order chi connectivity index (χ1) is 12.8. The van der Waals surface area contributed by atoms with Gasteiger partial charge in [-0.15, -0.1) is 0 Å². The second-order valence-corrected chi connectivity index (χ2v) is 6.24. The van der Waals surface area contributed by atoms with Crippen LogP contribution in [0.15, 0.2) is 42.0 Å². The average Bonchev–Trinajstić information content (AvgIpc) is 2.62. The number of halogens is 1. The number of benzene rings is 2. The molecule has 0 aliphatic heterocycles. The molecule has 0 fully saturated rings. The molecule has 7 heteroatoms. The fourth-order valence-electron chi connectivity index (χ4n) is 2.29. The summed E-state index contributed by atoms with van der Waals surface area (Å²) in [5.74, 6) is -0.925. The Balaban J connectivity index is 2.33. The molecule has 2 aromatic rings. The van der Waals surface area contributed by atoms with E-state index in [0.29, 0.717) is 16.3 Å². The number of rotatable bonds is 6. The van der Waals surface area contributed by atoms with Crippen LogP contribution in [0, 0.1) is 25.2 Å². The zero-order chi connectivity index (χ0) is 20.0. The number of nitrogens with two attached hydrogens (primary N) is 1. The van der Waals surface area contributed by atoms with Gasteiger partial charge in [0.2, 0.25) is 0 Å². The molecule has 0 aliphatic rings. The lowest BCUT2D eigenvalue weighted by Gasteiger charge is -2.11. The van der Waals surface area contributed by atoms with Crippen LogP contribution in [0.4, 0.5) is 5.69 Å². The number of anilines is 1. The van der Waals surface area contributed by atoms with Crippen molar-refractivity contribution in [2.75, 3.05) is 11.9 Å². The number of carbonyl (C=O) groups is 2. The fraction of sp³-hybridized carbons (Fsp3) is 0.150. The summed E-state index contributed by atoms with van der Waals surface area (Å²) in [6.07, 6.45) is 1.35. The van der Waals surface area contributed by atoms with Gasteiger partial charge in [-0.1, -0.05) is 23.7 Å². The fourth-order valence-corrected chi connectivity index (χ4v) is 2.47. The summed E-state index contributed by atoms with van der Waals surface area (Å²) in [6, 6.07) is 12.0. The number of nitrogens with one attached hydrogen (secondary N) is 1. The van der Waals surface area contributed by atoms with Crippen molar-refractivity contribution in [2.24, 2.45) is 5.73 Å². The van der Waals surface area contributed by atoms with Crippen LogP contribution in [0.5, 0.6) is 5.75 Å². The molecule has 0 saturated heterocycles. The number of hydrogen-bond donors (Lipinski definition) is 2. The van der Waals surface area contributed by atoms with E-state index in [1.165, 1.54) is 18.2 Å². The highest BCUT2D eigenvalue weighted by Crippen LogP contribution is 2.26. The third kappa shape index (κ3) is 5.33. The monoisotopic (exact) mass is 383 g/mol. The summed E-state index contributed by atoms with van der Waals surface area (Å²) in [5.41, 5.74) is 7.89. The summed E-state index contributed by atoms with van der Waals surface area (Å²) in [6.45, 7) is 3.48. The Morgan fingerprint density at radius 1 is 1.30 bits per heavy atom. The van der Waals surface area contributed by atoms with Gasteiger partial charge in [-0.3, -0.25) is 9.59 Å². The largest absolute Gasteiger partial charge is 0.483 e. The molecule has 2 rings (SSSR count). The molecule has 27 heavy (non-hydrogen) atoms. The number of amides is 2. The van der Waals surface area contributed by atoms with Gasteiger partial charge in [-0.2, -0.15) is 5.26 Å². The van der Waals surface area contributed by atoms with Gasteiger partial charge in [0.25, 0.3) is 11.8 Å². The van der Waals surface area contributed by atoms with Crippen LogP contribution >= 0.6 is 11.6 Å². The minimum absolute atomic E-state index is 0.137. The molecule has 0 radical (unpaired) electrons. The number of carbonyl (C=O) groups excluding carboxylic acids is 2. The lowest BCUT2D eigenvalue weighted by molar-refractivity contribution is -0.120. The highest BCUT2D eigenvalue weighted by molar-refractivity contribution is 6.30. The van der Waals surface area contributed by atoms with Crippen LogP contribution in [0.3, 0.4) is 0 Å². The summed E-state index contributed by atoms with van der Waals surface area (Å²) < 4.78 is 5.31. The van der Waals surface area contributed by atoms with Gasteiger partial charge in [0.1, 0.15) is 17.4 Å². The summed E-state index contributed by atoms with van der Waals surface area (Å²) in [7, 11) is 0. The Kier molecular flexibility index (Phi) is 6.58. The van der Waals surface area contributed by atoms with Crippen LogP contribution in [-0.2, 0) is 9.59 Å².